The summed E-state index contributed by atoms with van der Waals surface area (Å²) in [4.78, 5) is 0. The molecule has 1 aromatic carbocycles. The average Bonchev–Trinajstić information content (AvgIpc) is 2.39. The summed E-state index contributed by atoms with van der Waals surface area (Å²) in [5.74, 6) is 5.49. The molecule has 1 aromatic rings. The maximum atomic E-state index is 12.2. The summed E-state index contributed by atoms with van der Waals surface area (Å²) in [7, 11) is -3.59. The maximum absolute atomic E-state index is 12.2. The van der Waals surface area contributed by atoms with E-state index in [1.54, 1.807) is 32.0 Å². The van der Waals surface area contributed by atoms with Crippen molar-refractivity contribution < 1.29 is 8.42 Å². The Kier molecular flexibility index (Phi) is 6.30. The second-order valence-electron chi connectivity index (χ2n) is 3.89. The van der Waals surface area contributed by atoms with Crippen LogP contribution < -0.4 is 10.5 Å². The number of halogens is 1. The summed E-state index contributed by atoms with van der Waals surface area (Å²) in [6.07, 6.45) is 0. The van der Waals surface area contributed by atoms with E-state index in [2.05, 4.69) is 16.6 Å². The zero-order valence-electron chi connectivity index (χ0n) is 11.5. The van der Waals surface area contributed by atoms with Gasteiger partial charge in [-0.2, -0.15) is 12.7 Å². The van der Waals surface area contributed by atoms with Gasteiger partial charge in [0.25, 0.3) is 0 Å². The van der Waals surface area contributed by atoms with Crippen molar-refractivity contribution >= 4 is 27.5 Å². The largest absolute Gasteiger partial charge is 0.320 e. The lowest BCUT2D eigenvalue weighted by molar-refractivity contribution is 0.449. The van der Waals surface area contributed by atoms with E-state index in [0.29, 0.717) is 29.4 Å². The SMILES string of the molecule is CCN(CC)S(=O)(=O)Nc1ccc(Cl)cc1C#CCN. The van der Waals surface area contributed by atoms with Gasteiger partial charge in [0.05, 0.1) is 17.8 Å². The summed E-state index contributed by atoms with van der Waals surface area (Å²) in [6.45, 7) is 4.53. The summed E-state index contributed by atoms with van der Waals surface area (Å²) < 4.78 is 28.2. The lowest BCUT2D eigenvalue weighted by Crippen LogP contribution is -2.35. The molecular weight excluding hydrogens is 298 g/mol. The van der Waals surface area contributed by atoms with Crippen LogP contribution in [0.5, 0.6) is 0 Å². The lowest BCUT2D eigenvalue weighted by Gasteiger charge is -2.20. The van der Waals surface area contributed by atoms with Crippen molar-refractivity contribution in [1.82, 2.24) is 4.31 Å². The topological polar surface area (TPSA) is 75.4 Å². The molecule has 0 atom stereocenters. The Balaban J connectivity index is 3.15. The summed E-state index contributed by atoms with van der Waals surface area (Å²) >= 11 is 5.90. The Morgan fingerprint density at radius 2 is 2.00 bits per heavy atom. The van der Waals surface area contributed by atoms with Gasteiger partial charge in [0.15, 0.2) is 0 Å². The molecule has 0 aliphatic heterocycles. The maximum Gasteiger partial charge on any atom is 0.301 e. The molecule has 0 bridgehead atoms. The standard InChI is InChI=1S/C13H18ClN3O2S/c1-3-17(4-2)20(18,19)16-13-8-7-12(14)10-11(13)6-5-9-15/h7-8,10,16H,3-4,9,15H2,1-2H3. The molecule has 5 nitrogen and oxygen atoms in total. The number of hydrogen-bond donors (Lipinski definition) is 2. The first-order valence-electron chi connectivity index (χ1n) is 6.21. The normalized spacial score (nSPS) is 11.1. The van der Waals surface area contributed by atoms with Crippen molar-refractivity contribution in [3.8, 4) is 11.8 Å². The zero-order chi connectivity index (χ0) is 15.2. The van der Waals surface area contributed by atoms with E-state index >= 15 is 0 Å². The van der Waals surface area contributed by atoms with Crippen LogP contribution in [0.3, 0.4) is 0 Å². The molecule has 20 heavy (non-hydrogen) atoms. The van der Waals surface area contributed by atoms with Gasteiger partial charge in [-0.15, -0.1) is 0 Å². The molecule has 110 valence electrons. The number of rotatable bonds is 5. The fourth-order valence-corrected chi connectivity index (χ4v) is 3.06. The Morgan fingerprint density at radius 1 is 1.35 bits per heavy atom. The first-order valence-corrected chi connectivity index (χ1v) is 8.02. The molecule has 0 aliphatic carbocycles. The molecule has 0 aromatic heterocycles. The van der Waals surface area contributed by atoms with Gasteiger partial charge in [0, 0.05) is 18.1 Å². The number of nitrogens with zero attached hydrogens (tertiary/aromatic N) is 1. The van der Waals surface area contributed by atoms with E-state index < -0.39 is 10.2 Å². The van der Waals surface area contributed by atoms with Crippen molar-refractivity contribution in [1.29, 1.82) is 0 Å². The lowest BCUT2D eigenvalue weighted by atomic mass is 10.2. The predicted octanol–water partition coefficient (Wildman–Crippen LogP) is 1.65. The van der Waals surface area contributed by atoms with E-state index in [-0.39, 0.29) is 6.54 Å². The first kappa shape index (κ1) is 16.8. The van der Waals surface area contributed by atoms with E-state index in [1.165, 1.54) is 4.31 Å². The highest BCUT2D eigenvalue weighted by atomic mass is 35.5. The van der Waals surface area contributed by atoms with Crippen molar-refractivity contribution in [2.45, 2.75) is 13.8 Å². The van der Waals surface area contributed by atoms with Crippen LogP contribution in [0.15, 0.2) is 18.2 Å². The van der Waals surface area contributed by atoms with Crippen LogP contribution in [0, 0.1) is 11.8 Å². The molecule has 0 aliphatic rings. The molecule has 7 heteroatoms. The fourth-order valence-electron chi connectivity index (χ4n) is 1.62. The molecule has 0 fully saturated rings. The molecule has 0 heterocycles. The Hall–Kier alpha value is -1.26. The monoisotopic (exact) mass is 315 g/mol. The van der Waals surface area contributed by atoms with Crippen molar-refractivity contribution in [2.75, 3.05) is 24.4 Å². The van der Waals surface area contributed by atoms with Gasteiger partial charge >= 0.3 is 10.2 Å². The summed E-state index contributed by atoms with van der Waals surface area (Å²) in [5, 5.41) is 0.483. The molecule has 0 saturated heterocycles. The van der Waals surface area contributed by atoms with Crippen LogP contribution in [-0.2, 0) is 10.2 Å². The van der Waals surface area contributed by atoms with Crippen LogP contribution in [0.1, 0.15) is 19.4 Å². The third kappa shape index (κ3) is 4.39. The van der Waals surface area contributed by atoms with Gasteiger partial charge in [-0.05, 0) is 18.2 Å². The number of hydrogen-bond acceptors (Lipinski definition) is 3. The van der Waals surface area contributed by atoms with Crippen LogP contribution in [0.25, 0.3) is 0 Å². The van der Waals surface area contributed by atoms with Crippen molar-refractivity contribution in [3.05, 3.63) is 28.8 Å². The average molecular weight is 316 g/mol. The minimum absolute atomic E-state index is 0.189. The highest BCUT2D eigenvalue weighted by Gasteiger charge is 2.19. The highest BCUT2D eigenvalue weighted by Crippen LogP contribution is 2.21. The van der Waals surface area contributed by atoms with Gasteiger partial charge in [-0.3, -0.25) is 4.72 Å². The van der Waals surface area contributed by atoms with Crippen molar-refractivity contribution in [3.63, 3.8) is 0 Å². The molecule has 0 unspecified atom stereocenters. The second kappa shape index (κ2) is 7.50. The minimum atomic E-state index is -3.59. The first-order chi connectivity index (χ1) is 9.44. The summed E-state index contributed by atoms with van der Waals surface area (Å²) in [5.41, 5.74) is 6.22. The van der Waals surface area contributed by atoms with Gasteiger partial charge in [-0.25, -0.2) is 0 Å². The molecule has 0 radical (unpaired) electrons. The van der Waals surface area contributed by atoms with Crippen LogP contribution >= 0.6 is 11.6 Å². The van der Waals surface area contributed by atoms with Crippen LogP contribution in [0.2, 0.25) is 5.02 Å². The molecule has 1 rings (SSSR count). The van der Waals surface area contributed by atoms with Crippen molar-refractivity contribution in [2.24, 2.45) is 5.73 Å². The Labute approximate surface area is 125 Å². The molecular formula is C13H18ClN3O2S. The Morgan fingerprint density at radius 3 is 2.55 bits per heavy atom. The van der Waals surface area contributed by atoms with E-state index in [1.807, 2.05) is 0 Å². The van der Waals surface area contributed by atoms with E-state index in [9.17, 15) is 8.42 Å². The smallest absolute Gasteiger partial charge is 0.301 e. The van der Waals surface area contributed by atoms with Gasteiger partial charge in [0.1, 0.15) is 0 Å². The molecule has 0 spiro atoms. The predicted molar refractivity (Wildman–Crippen MR) is 82.8 cm³/mol. The number of nitrogens with two attached hydrogens (primary N) is 1. The van der Waals surface area contributed by atoms with Gasteiger partial charge in [-0.1, -0.05) is 37.3 Å². The fraction of sp³-hybridized carbons (Fsp3) is 0.385. The van der Waals surface area contributed by atoms with E-state index in [0.717, 1.165) is 0 Å². The van der Waals surface area contributed by atoms with Crippen LogP contribution in [0.4, 0.5) is 5.69 Å². The zero-order valence-corrected chi connectivity index (χ0v) is 13.1. The third-order valence-electron chi connectivity index (χ3n) is 2.59. The molecule has 0 amide bonds. The number of nitrogens with one attached hydrogen (secondary N) is 1. The second-order valence-corrected chi connectivity index (χ2v) is 5.99. The third-order valence-corrected chi connectivity index (χ3v) is 4.50. The summed E-state index contributed by atoms with van der Waals surface area (Å²) in [6, 6.07) is 4.80. The quantitative estimate of drug-likeness (QED) is 0.811. The van der Waals surface area contributed by atoms with Crippen LogP contribution in [-0.4, -0.2) is 32.4 Å². The number of anilines is 1. The Bertz CT molecular complexity index is 616. The number of benzene rings is 1. The van der Waals surface area contributed by atoms with Gasteiger partial charge in [0.2, 0.25) is 0 Å². The van der Waals surface area contributed by atoms with E-state index in [4.69, 9.17) is 17.3 Å². The molecule has 3 N–H and O–H groups in total. The minimum Gasteiger partial charge on any atom is -0.320 e. The van der Waals surface area contributed by atoms with Gasteiger partial charge < -0.3 is 5.73 Å². The molecule has 0 saturated carbocycles. The highest BCUT2D eigenvalue weighted by molar-refractivity contribution is 7.90.